The number of nitriles is 2. The van der Waals surface area contributed by atoms with Crippen molar-refractivity contribution in [2.75, 3.05) is 5.75 Å². The van der Waals surface area contributed by atoms with E-state index < -0.39 is 0 Å². The lowest BCUT2D eigenvalue weighted by molar-refractivity contribution is 0.682. The van der Waals surface area contributed by atoms with Crippen molar-refractivity contribution in [2.24, 2.45) is 13.0 Å². The van der Waals surface area contributed by atoms with Gasteiger partial charge in [0.2, 0.25) is 0 Å². The smallest absolute Gasteiger partial charge is 0.191 e. The summed E-state index contributed by atoms with van der Waals surface area (Å²) in [6.45, 7) is 2.05. The second kappa shape index (κ2) is 7.63. The maximum atomic E-state index is 9.09. The first-order chi connectivity index (χ1) is 10.7. The SMILES string of the molecule is Cc1ccc(-c2nnc(SC[C@H](C#N)CCC#N)n2C)cc1. The van der Waals surface area contributed by atoms with E-state index in [0.717, 1.165) is 16.5 Å². The van der Waals surface area contributed by atoms with Gasteiger partial charge in [-0.1, -0.05) is 41.6 Å². The lowest BCUT2D eigenvalue weighted by Crippen LogP contribution is -2.02. The number of hydrogen-bond donors (Lipinski definition) is 0. The van der Waals surface area contributed by atoms with Crippen molar-refractivity contribution in [2.45, 2.75) is 24.9 Å². The zero-order chi connectivity index (χ0) is 15.9. The van der Waals surface area contributed by atoms with Crippen LogP contribution < -0.4 is 0 Å². The molecule has 112 valence electrons. The third kappa shape index (κ3) is 3.87. The molecule has 1 heterocycles. The zero-order valence-corrected chi connectivity index (χ0v) is 13.5. The predicted molar refractivity (Wildman–Crippen MR) is 85.9 cm³/mol. The molecule has 2 rings (SSSR count). The van der Waals surface area contributed by atoms with Crippen molar-refractivity contribution in [3.05, 3.63) is 29.8 Å². The Bertz CT molecular complexity index is 706. The third-order valence-corrected chi connectivity index (χ3v) is 4.53. The average molecular weight is 311 g/mol. The molecule has 6 heteroatoms. The Labute approximate surface area is 134 Å². The van der Waals surface area contributed by atoms with Gasteiger partial charge in [0.15, 0.2) is 11.0 Å². The minimum atomic E-state index is -0.135. The van der Waals surface area contributed by atoms with Gasteiger partial charge < -0.3 is 4.57 Å². The van der Waals surface area contributed by atoms with Crippen molar-refractivity contribution in [1.29, 1.82) is 10.5 Å². The maximum Gasteiger partial charge on any atom is 0.191 e. The lowest BCUT2D eigenvalue weighted by Gasteiger charge is -2.07. The van der Waals surface area contributed by atoms with Crippen LogP contribution in [0.5, 0.6) is 0 Å². The summed E-state index contributed by atoms with van der Waals surface area (Å²) in [4.78, 5) is 0. The van der Waals surface area contributed by atoms with E-state index in [0.29, 0.717) is 18.6 Å². The summed E-state index contributed by atoms with van der Waals surface area (Å²) in [5.74, 6) is 1.30. The van der Waals surface area contributed by atoms with Crippen LogP contribution >= 0.6 is 11.8 Å². The van der Waals surface area contributed by atoms with Gasteiger partial charge in [-0.05, 0) is 13.3 Å². The van der Waals surface area contributed by atoms with Crippen LogP contribution in [0.2, 0.25) is 0 Å². The Morgan fingerprint density at radius 1 is 1.23 bits per heavy atom. The first-order valence-electron chi connectivity index (χ1n) is 7.01. The molecule has 0 saturated heterocycles. The Morgan fingerprint density at radius 2 is 1.95 bits per heavy atom. The average Bonchev–Trinajstić information content (AvgIpc) is 2.89. The monoisotopic (exact) mass is 311 g/mol. The number of aryl methyl sites for hydroxylation is 1. The van der Waals surface area contributed by atoms with Crippen molar-refractivity contribution < 1.29 is 0 Å². The largest absolute Gasteiger partial charge is 0.305 e. The Morgan fingerprint density at radius 3 is 2.59 bits per heavy atom. The fraction of sp³-hybridized carbons (Fsp3) is 0.375. The van der Waals surface area contributed by atoms with Crippen LogP contribution in [0.25, 0.3) is 11.4 Å². The Hall–Kier alpha value is -2.31. The van der Waals surface area contributed by atoms with Gasteiger partial charge in [0, 0.05) is 24.8 Å². The Balaban J connectivity index is 2.07. The summed E-state index contributed by atoms with van der Waals surface area (Å²) in [5, 5.41) is 26.9. The van der Waals surface area contributed by atoms with E-state index in [1.807, 2.05) is 42.8 Å². The number of nitrogens with zero attached hydrogens (tertiary/aromatic N) is 5. The summed E-state index contributed by atoms with van der Waals surface area (Å²) < 4.78 is 1.94. The number of thioether (sulfide) groups is 1. The lowest BCUT2D eigenvalue weighted by atomic mass is 10.1. The molecule has 0 saturated carbocycles. The molecule has 22 heavy (non-hydrogen) atoms. The third-order valence-electron chi connectivity index (χ3n) is 3.35. The quantitative estimate of drug-likeness (QED) is 0.765. The number of aromatic nitrogens is 3. The second-order valence-electron chi connectivity index (χ2n) is 5.07. The Kier molecular flexibility index (Phi) is 5.57. The van der Waals surface area contributed by atoms with Crippen LogP contribution in [-0.4, -0.2) is 20.5 Å². The van der Waals surface area contributed by atoms with Crippen LogP contribution in [0.15, 0.2) is 29.4 Å². The highest BCUT2D eigenvalue weighted by Gasteiger charge is 2.14. The molecule has 2 aromatic rings. The van der Waals surface area contributed by atoms with Crippen LogP contribution in [0.3, 0.4) is 0 Å². The first-order valence-corrected chi connectivity index (χ1v) is 8.00. The second-order valence-corrected chi connectivity index (χ2v) is 6.05. The van der Waals surface area contributed by atoms with E-state index in [1.165, 1.54) is 17.3 Å². The fourth-order valence-corrected chi connectivity index (χ4v) is 2.96. The maximum absolute atomic E-state index is 9.09. The van der Waals surface area contributed by atoms with E-state index in [9.17, 15) is 0 Å². The standard InChI is InChI=1S/C16H17N5S/c1-12-5-7-14(8-6-12)15-19-20-16(21(15)2)22-11-13(10-18)4-3-9-17/h5-8,13H,3-4,11H2,1-2H3/t13-/m0/s1. The molecule has 0 bridgehead atoms. The number of benzene rings is 1. The summed E-state index contributed by atoms with van der Waals surface area (Å²) in [7, 11) is 1.92. The van der Waals surface area contributed by atoms with Crippen LogP contribution in [0.1, 0.15) is 18.4 Å². The van der Waals surface area contributed by atoms with Crippen molar-refractivity contribution >= 4 is 11.8 Å². The molecule has 1 aromatic carbocycles. The van der Waals surface area contributed by atoms with Gasteiger partial charge >= 0.3 is 0 Å². The van der Waals surface area contributed by atoms with Gasteiger partial charge in [-0.3, -0.25) is 0 Å². The van der Waals surface area contributed by atoms with Crippen LogP contribution in [-0.2, 0) is 7.05 Å². The molecule has 0 spiro atoms. The molecule has 1 aromatic heterocycles. The summed E-state index contributed by atoms with van der Waals surface area (Å²) in [5.41, 5.74) is 2.23. The van der Waals surface area contributed by atoms with Gasteiger partial charge in [-0.2, -0.15) is 10.5 Å². The summed E-state index contributed by atoms with van der Waals surface area (Å²) in [6, 6.07) is 12.5. The van der Waals surface area contributed by atoms with E-state index in [-0.39, 0.29) is 5.92 Å². The molecule has 0 aliphatic rings. The first kappa shape index (κ1) is 16.1. The molecule has 5 nitrogen and oxygen atoms in total. The normalized spacial score (nSPS) is 11.6. The van der Waals surface area contributed by atoms with Gasteiger partial charge in [0.1, 0.15) is 0 Å². The predicted octanol–water partition coefficient (Wildman–Crippen LogP) is 3.33. The van der Waals surface area contributed by atoms with Crippen molar-refractivity contribution in [3.8, 4) is 23.5 Å². The van der Waals surface area contributed by atoms with Crippen LogP contribution in [0.4, 0.5) is 0 Å². The topological polar surface area (TPSA) is 78.3 Å². The molecular formula is C16H17N5S. The molecule has 0 unspecified atom stereocenters. The highest BCUT2D eigenvalue weighted by atomic mass is 32.2. The minimum absolute atomic E-state index is 0.135. The molecule has 1 atom stereocenters. The van der Waals surface area contributed by atoms with E-state index in [4.69, 9.17) is 10.5 Å². The number of rotatable bonds is 6. The van der Waals surface area contributed by atoms with E-state index in [2.05, 4.69) is 22.3 Å². The van der Waals surface area contributed by atoms with Gasteiger partial charge in [0.05, 0.1) is 18.1 Å². The van der Waals surface area contributed by atoms with Gasteiger partial charge in [-0.15, -0.1) is 10.2 Å². The van der Waals surface area contributed by atoms with Crippen molar-refractivity contribution in [1.82, 2.24) is 14.8 Å². The minimum Gasteiger partial charge on any atom is -0.305 e. The molecular weight excluding hydrogens is 294 g/mol. The van der Waals surface area contributed by atoms with Gasteiger partial charge in [0.25, 0.3) is 0 Å². The molecule has 0 amide bonds. The number of hydrogen-bond acceptors (Lipinski definition) is 5. The van der Waals surface area contributed by atoms with Crippen molar-refractivity contribution in [3.63, 3.8) is 0 Å². The van der Waals surface area contributed by atoms with Gasteiger partial charge in [-0.25, -0.2) is 0 Å². The van der Waals surface area contributed by atoms with E-state index >= 15 is 0 Å². The molecule has 0 aliphatic carbocycles. The zero-order valence-electron chi connectivity index (χ0n) is 12.7. The molecule has 0 aliphatic heterocycles. The van der Waals surface area contributed by atoms with E-state index in [1.54, 1.807) is 0 Å². The summed E-state index contributed by atoms with van der Waals surface area (Å²) >= 11 is 1.51. The molecule has 0 radical (unpaired) electrons. The molecule has 0 N–H and O–H groups in total. The van der Waals surface area contributed by atoms with Crippen LogP contribution in [0, 0.1) is 35.5 Å². The highest BCUT2D eigenvalue weighted by molar-refractivity contribution is 7.99. The highest BCUT2D eigenvalue weighted by Crippen LogP contribution is 2.25. The fourth-order valence-electron chi connectivity index (χ4n) is 1.99. The molecule has 0 fully saturated rings. The summed E-state index contributed by atoms with van der Waals surface area (Å²) in [6.07, 6.45) is 1.01.